The van der Waals surface area contributed by atoms with Crippen LogP contribution < -0.4 is 0 Å². The van der Waals surface area contributed by atoms with Crippen molar-refractivity contribution in [2.24, 2.45) is 35.5 Å². The summed E-state index contributed by atoms with van der Waals surface area (Å²) in [7, 11) is 3.04. The molecule has 322 valence electrons. The Bertz CT molecular complexity index is 1480. The first kappa shape index (κ1) is 46.9. The minimum absolute atomic E-state index is 0.00385. The molecule has 13 nitrogen and oxygen atoms in total. The van der Waals surface area contributed by atoms with Gasteiger partial charge < -0.3 is 44.3 Å². The molecule has 3 fully saturated rings. The lowest BCUT2D eigenvalue weighted by Crippen LogP contribution is -2.64. The van der Waals surface area contributed by atoms with E-state index in [1.165, 1.54) is 19.1 Å². The van der Waals surface area contributed by atoms with Gasteiger partial charge in [0.2, 0.25) is 5.79 Å². The third kappa shape index (κ3) is 11.3. The summed E-state index contributed by atoms with van der Waals surface area (Å²) in [6, 6.07) is -1.16. The molecule has 1 saturated carbocycles. The molecule has 13 heteroatoms. The predicted octanol–water partition coefficient (Wildman–Crippen LogP) is 4.23. The van der Waals surface area contributed by atoms with Gasteiger partial charge in [-0.25, -0.2) is 4.79 Å². The van der Waals surface area contributed by atoms with Gasteiger partial charge in [-0.2, -0.15) is 0 Å². The number of carbonyl (C=O) groups excluding carboxylic acids is 4. The van der Waals surface area contributed by atoms with E-state index in [2.05, 4.69) is 6.58 Å². The molecule has 4 aliphatic rings. The molecule has 57 heavy (non-hydrogen) atoms. The lowest BCUT2D eigenvalue weighted by molar-refractivity contribution is -0.302. The predicted molar refractivity (Wildman–Crippen MR) is 212 cm³/mol. The molecule has 2 saturated heterocycles. The van der Waals surface area contributed by atoms with Gasteiger partial charge in [-0.05, 0) is 95.5 Å². The van der Waals surface area contributed by atoms with Crippen LogP contribution in [0.4, 0.5) is 0 Å². The van der Waals surface area contributed by atoms with E-state index in [-0.39, 0.29) is 56.0 Å². The largest absolute Gasteiger partial charge is 0.456 e. The number of piperidine rings is 1. The number of hydrogen-bond acceptors (Lipinski definition) is 12. The number of fused-ring (bicyclic) bond motifs is 3. The quantitative estimate of drug-likeness (QED) is 0.163. The zero-order valence-electron chi connectivity index (χ0n) is 35.1. The molecule has 0 unspecified atom stereocenters. The first-order valence-corrected chi connectivity index (χ1v) is 21.0. The third-order valence-corrected chi connectivity index (χ3v) is 13.0. The van der Waals surface area contributed by atoms with E-state index in [0.29, 0.717) is 56.9 Å². The topological polar surface area (TPSA) is 189 Å². The highest BCUT2D eigenvalue weighted by Gasteiger charge is 2.56. The van der Waals surface area contributed by atoms with Gasteiger partial charge in [0, 0.05) is 57.5 Å². The Morgan fingerprint density at radius 2 is 1.67 bits per heavy atom. The molecule has 1 aliphatic carbocycles. The highest BCUT2D eigenvalue weighted by Crippen LogP contribution is 2.39. The van der Waals surface area contributed by atoms with Crippen molar-refractivity contribution in [1.29, 1.82) is 0 Å². The fourth-order valence-electron chi connectivity index (χ4n) is 9.51. The monoisotopic (exact) mass is 803 g/mol. The van der Waals surface area contributed by atoms with Crippen molar-refractivity contribution in [3.8, 4) is 0 Å². The number of amides is 1. The smallest absolute Gasteiger partial charge is 0.329 e. The summed E-state index contributed by atoms with van der Waals surface area (Å²) in [6.07, 6.45) is 5.00. The molecule has 14 atom stereocenters. The van der Waals surface area contributed by atoms with Crippen LogP contribution in [0.3, 0.4) is 0 Å². The van der Waals surface area contributed by atoms with Gasteiger partial charge in [0.25, 0.3) is 11.7 Å². The van der Waals surface area contributed by atoms with Crippen LogP contribution in [-0.4, -0.2) is 125 Å². The molecule has 0 aromatic rings. The van der Waals surface area contributed by atoms with Crippen LogP contribution in [0, 0.1) is 35.5 Å². The van der Waals surface area contributed by atoms with Crippen LogP contribution in [0.2, 0.25) is 0 Å². The van der Waals surface area contributed by atoms with Crippen LogP contribution in [-0.2, 0) is 38.1 Å². The second kappa shape index (κ2) is 21.0. The number of Topliss-reactive ketones (excluding diaryl/α,β-unsaturated/α-hetero) is 2. The number of hydrogen-bond donors (Lipinski definition) is 4. The molecule has 0 aromatic carbocycles. The summed E-state index contributed by atoms with van der Waals surface area (Å²) in [5.74, 6) is -8.19. The SMILES string of the molecule is C=CC[C@@H]1C=C(C)C[C@H](C)C[C@H](OC)[C@H]2O[C@@](O)(C(=O)C(=O)N3CCCC[C@H]3C(=O)O[C@H](C(C)=C[C@@H]3CC[C@@H](O)[C@H](CO)C3)[C@H](C)[C@@H](O)CC1=O)[C@H](C)C[C@@H]2OC. The minimum Gasteiger partial charge on any atom is -0.456 e. The summed E-state index contributed by atoms with van der Waals surface area (Å²) in [5, 5.41) is 44.0. The Morgan fingerprint density at radius 1 is 0.982 bits per heavy atom. The molecule has 3 aliphatic heterocycles. The van der Waals surface area contributed by atoms with Gasteiger partial charge in [-0.1, -0.05) is 44.6 Å². The van der Waals surface area contributed by atoms with Gasteiger partial charge in [-0.3, -0.25) is 14.4 Å². The maximum absolute atomic E-state index is 14.3. The van der Waals surface area contributed by atoms with Crippen LogP contribution >= 0.6 is 0 Å². The highest BCUT2D eigenvalue weighted by molar-refractivity contribution is 6.39. The number of nitrogens with zero attached hydrogens (tertiary/aromatic N) is 1. The molecule has 0 radical (unpaired) electrons. The molecule has 0 spiro atoms. The number of ether oxygens (including phenoxy) is 4. The first-order chi connectivity index (χ1) is 27.0. The number of carbonyl (C=O) groups is 4. The summed E-state index contributed by atoms with van der Waals surface area (Å²) in [5.41, 5.74) is 1.58. The van der Waals surface area contributed by atoms with Gasteiger partial charge in [0.15, 0.2) is 0 Å². The van der Waals surface area contributed by atoms with E-state index in [0.717, 1.165) is 5.57 Å². The molecule has 2 bridgehead atoms. The fraction of sp³-hybridized carbons (Fsp3) is 0.773. The van der Waals surface area contributed by atoms with Gasteiger partial charge >= 0.3 is 5.97 Å². The number of aliphatic hydroxyl groups excluding tert-OH is 3. The van der Waals surface area contributed by atoms with Gasteiger partial charge in [0.05, 0.1) is 24.4 Å². The van der Waals surface area contributed by atoms with E-state index in [1.807, 2.05) is 26.0 Å². The van der Waals surface area contributed by atoms with E-state index >= 15 is 0 Å². The van der Waals surface area contributed by atoms with Crippen molar-refractivity contribution in [2.45, 2.75) is 154 Å². The normalized spacial score (nSPS) is 40.1. The average Bonchev–Trinajstić information content (AvgIpc) is 3.18. The van der Waals surface area contributed by atoms with Crippen molar-refractivity contribution >= 4 is 23.4 Å². The zero-order chi connectivity index (χ0) is 42.2. The van der Waals surface area contributed by atoms with E-state index in [4.69, 9.17) is 18.9 Å². The summed E-state index contributed by atoms with van der Waals surface area (Å²) in [6.45, 7) is 12.9. The number of aliphatic hydroxyl groups is 4. The second-order valence-electron chi connectivity index (χ2n) is 17.4. The lowest BCUT2D eigenvalue weighted by atomic mass is 9.78. The van der Waals surface area contributed by atoms with Crippen LogP contribution in [0.15, 0.2) is 36.0 Å². The van der Waals surface area contributed by atoms with Crippen molar-refractivity contribution in [3.05, 3.63) is 36.0 Å². The summed E-state index contributed by atoms with van der Waals surface area (Å²) < 4.78 is 24.2. The number of ketones is 2. The average molecular weight is 804 g/mol. The number of rotatable bonds is 7. The molecule has 3 heterocycles. The Hall–Kier alpha value is -2.78. The summed E-state index contributed by atoms with van der Waals surface area (Å²) >= 11 is 0. The molecule has 0 aromatic heterocycles. The van der Waals surface area contributed by atoms with Crippen LogP contribution in [0.1, 0.15) is 105 Å². The zero-order valence-corrected chi connectivity index (χ0v) is 35.1. The molecule has 4 N–H and O–H groups in total. The first-order valence-electron chi connectivity index (χ1n) is 21.0. The Balaban J connectivity index is 1.78. The van der Waals surface area contributed by atoms with Crippen molar-refractivity contribution in [2.75, 3.05) is 27.4 Å². The minimum atomic E-state index is -2.52. The van der Waals surface area contributed by atoms with Crippen molar-refractivity contribution in [1.82, 2.24) is 4.90 Å². The third-order valence-electron chi connectivity index (χ3n) is 13.0. The lowest BCUT2D eigenvalue weighted by Gasteiger charge is -2.47. The highest BCUT2D eigenvalue weighted by atomic mass is 16.7. The van der Waals surface area contributed by atoms with E-state index in [1.54, 1.807) is 26.8 Å². The van der Waals surface area contributed by atoms with Crippen LogP contribution in [0.5, 0.6) is 0 Å². The standard InChI is InChI=1S/C44H69NO12/c1-9-12-31-18-25(2)17-26(3)19-37(54-7)40-38(55-8)21-28(5)44(53,57-40)41(50)42(51)45-16-11-10-13-33(45)43(52)56-39(29(6)35(48)23-36(31)49)27(4)20-30-14-15-34(47)32(22-30)24-46/h9,18,20,26,28-35,37-40,46-48,53H,1,10-17,19,21-24H2,2-8H3/t26-,28+,29+,30-,31+,32-,33-,34+,35-,37-,38-,39+,40+,44+/m0/s1. The maximum atomic E-state index is 14.3. The molecular weight excluding hydrogens is 734 g/mol. The van der Waals surface area contributed by atoms with Gasteiger partial charge in [0.1, 0.15) is 24.0 Å². The van der Waals surface area contributed by atoms with Crippen LogP contribution in [0.25, 0.3) is 0 Å². The maximum Gasteiger partial charge on any atom is 0.329 e. The number of esters is 1. The number of allylic oxidation sites excluding steroid dienone is 4. The van der Waals surface area contributed by atoms with Gasteiger partial charge in [-0.15, -0.1) is 6.58 Å². The van der Waals surface area contributed by atoms with Crippen molar-refractivity contribution < 1.29 is 58.6 Å². The Labute approximate surface area is 338 Å². The Morgan fingerprint density at radius 3 is 2.32 bits per heavy atom. The Kier molecular flexibility index (Phi) is 17.2. The fourth-order valence-corrected chi connectivity index (χ4v) is 9.51. The molecular formula is C44H69NO12. The second-order valence-corrected chi connectivity index (χ2v) is 17.4. The van der Waals surface area contributed by atoms with E-state index in [9.17, 15) is 39.6 Å². The number of cyclic esters (lactones) is 1. The van der Waals surface area contributed by atoms with Crippen molar-refractivity contribution in [3.63, 3.8) is 0 Å². The van der Waals surface area contributed by atoms with E-state index < -0.39 is 83.9 Å². The molecule has 1 amide bonds. The summed E-state index contributed by atoms with van der Waals surface area (Å²) in [4.78, 5) is 57.8. The molecule has 4 rings (SSSR count). The number of methoxy groups -OCH3 is 2.